The second kappa shape index (κ2) is 19.8. The second-order valence-electron chi connectivity index (χ2n) is 20.9. The molecule has 16 nitrogen and oxygen atoms in total. The molecule has 0 spiro atoms. The lowest BCUT2D eigenvalue weighted by Gasteiger charge is -2.41. The van der Waals surface area contributed by atoms with Gasteiger partial charge in [-0.25, -0.2) is 45.6 Å². The summed E-state index contributed by atoms with van der Waals surface area (Å²) in [6.45, 7) is 11.2. The number of carbonyl (C=O) groups is 2. The maximum atomic E-state index is 14.8. The van der Waals surface area contributed by atoms with Crippen molar-refractivity contribution in [2.45, 2.75) is 139 Å². The van der Waals surface area contributed by atoms with Crippen molar-refractivity contribution in [3.8, 4) is 23.1 Å². The Morgan fingerprint density at radius 3 is 1.41 bits per heavy atom. The van der Waals surface area contributed by atoms with Crippen molar-refractivity contribution in [2.24, 2.45) is 10.8 Å². The van der Waals surface area contributed by atoms with E-state index in [0.717, 1.165) is 63.2 Å². The van der Waals surface area contributed by atoms with Crippen LogP contribution in [-0.4, -0.2) is 111 Å². The lowest BCUT2D eigenvalue weighted by atomic mass is 9.90. The molecular formula is C50H59ClF2N8O8S2. The fourth-order valence-corrected chi connectivity index (χ4v) is 10.9. The van der Waals surface area contributed by atoms with Crippen LogP contribution >= 0.6 is 11.6 Å². The number of halogens is 3. The predicted octanol–water partition coefficient (Wildman–Crippen LogP) is 8.33. The molecule has 1 N–H and O–H groups in total. The van der Waals surface area contributed by atoms with Crippen LogP contribution in [0, 0.1) is 22.5 Å². The van der Waals surface area contributed by atoms with Crippen LogP contribution in [0.4, 0.5) is 8.78 Å². The summed E-state index contributed by atoms with van der Waals surface area (Å²) in [6, 6.07) is 12.6. The molecule has 4 aliphatic heterocycles. The van der Waals surface area contributed by atoms with E-state index in [2.05, 4.69) is 30.2 Å². The first-order valence-corrected chi connectivity index (χ1v) is 27.7. The molecule has 4 saturated heterocycles. The van der Waals surface area contributed by atoms with Crippen molar-refractivity contribution in [3.63, 3.8) is 0 Å². The molecule has 0 radical (unpaired) electrons. The minimum absolute atomic E-state index is 0.0607. The average molecular weight is 1040 g/mol. The van der Waals surface area contributed by atoms with E-state index in [0.29, 0.717) is 45.9 Å². The highest BCUT2D eigenvalue weighted by Gasteiger charge is 2.46. The molecule has 8 heterocycles. The molecule has 380 valence electrons. The highest BCUT2D eigenvalue weighted by atomic mass is 35.5. The van der Waals surface area contributed by atoms with Crippen molar-refractivity contribution in [1.29, 1.82) is 0 Å². The average Bonchev–Trinajstić information content (AvgIpc) is 4.06. The molecule has 6 aromatic rings. The SMILES string of the molecule is CC(C)(C)C(=O)Cl.CC(C)(C)C(=O)N1C2CCC1CC(Oc1ncnc3c1ccn3-c1ccc(S(C)(=O)=O)cc1F)C2.CS(=O)(=O)c1ccc(-n2ccc3c(OC4CC5CCC(C4)N5)ncnc32)c(F)c1. The quantitative estimate of drug-likeness (QED) is 0.143. The van der Waals surface area contributed by atoms with Gasteiger partial charge in [0.25, 0.3) is 0 Å². The molecule has 1 amide bonds. The van der Waals surface area contributed by atoms with E-state index >= 15 is 0 Å². The van der Waals surface area contributed by atoms with Gasteiger partial charge in [0.15, 0.2) is 31.0 Å². The van der Waals surface area contributed by atoms with Gasteiger partial charge in [0.1, 0.15) is 36.5 Å². The maximum absolute atomic E-state index is 14.8. The van der Waals surface area contributed by atoms with Gasteiger partial charge in [0.2, 0.25) is 22.9 Å². The van der Waals surface area contributed by atoms with Gasteiger partial charge in [-0.2, -0.15) is 0 Å². The number of carbonyl (C=O) groups excluding carboxylic acids is 2. The summed E-state index contributed by atoms with van der Waals surface area (Å²) in [7, 11) is -7.00. The fourth-order valence-electron chi connectivity index (χ4n) is 9.62. The van der Waals surface area contributed by atoms with E-state index in [1.165, 1.54) is 49.8 Å². The Balaban J connectivity index is 0.000000170. The van der Waals surface area contributed by atoms with Crippen LogP contribution in [0.1, 0.15) is 92.9 Å². The normalized spacial score (nSPS) is 22.1. The summed E-state index contributed by atoms with van der Waals surface area (Å²) in [4.78, 5) is 42.4. The van der Waals surface area contributed by atoms with Crippen molar-refractivity contribution < 1.29 is 44.7 Å². The Morgan fingerprint density at radius 1 is 0.634 bits per heavy atom. The van der Waals surface area contributed by atoms with Crippen LogP contribution in [0.3, 0.4) is 0 Å². The number of ether oxygens (including phenoxy) is 2. The first-order chi connectivity index (χ1) is 33.3. The largest absolute Gasteiger partial charge is 0.474 e. The van der Waals surface area contributed by atoms with Crippen LogP contribution in [0.15, 0.2) is 83.4 Å². The molecule has 4 bridgehead atoms. The predicted molar refractivity (Wildman–Crippen MR) is 265 cm³/mol. The van der Waals surface area contributed by atoms with Gasteiger partial charge in [0, 0.05) is 72.7 Å². The van der Waals surface area contributed by atoms with Gasteiger partial charge in [-0.05, 0) is 98.7 Å². The molecule has 2 aromatic carbocycles. The molecule has 0 aliphatic carbocycles. The van der Waals surface area contributed by atoms with E-state index in [1.807, 2.05) is 20.8 Å². The molecular weight excluding hydrogens is 978 g/mol. The zero-order chi connectivity index (χ0) is 51.4. The zero-order valence-corrected chi connectivity index (χ0v) is 43.3. The van der Waals surface area contributed by atoms with Gasteiger partial charge in [-0.3, -0.25) is 18.7 Å². The molecule has 71 heavy (non-hydrogen) atoms. The standard InChI is InChI=1S/C25H29FN4O4S.C20H21FN4O3S.C5H9ClO/c1-25(2,3)24(31)30-15-5-6-16(30)12-17(11-15)34-23-19-9-10-29(22(19)27-14-28-23)21-8-7-18(13-20(21)26)35(4,32)33;1-29(26,27)15-4-5-18(17(21)10-15)25-7-6-16-19(25)22-11-23-20(16)28-14-8-12-2-3-13(9-14)24-12;1-5(2,3)4(6)7/h7-10,13-17H,5-6,11-12H2,1-4H3;4-7,10-14,24H,2-3,8-9H2,1H3;1-3H3. The lowest BCUT2D eigenvalue weighted by Crippen LogP contribution is -2.52. The van der Waals surface area contributed by atoms with Gasteiger partial charge in [-0.15, -0.1) is 0 Å². The second-order valence-corrected chi connectivity index (χ2v) is 25.3. The maximum Gasteiger partial charge on any atom is 0.228 e. The Morgan fingerprint density at radius 2 is 1.04 bits per heavy atom. The van der Waals surface area contributed by atoms with Crippen LogP contribution in [0.2, 0.25) is 0 Å². The number of benzene rings is 2. The van der Waals surface area contributed by atoms with Crippen molar-refractivity contribution in [1.82, 2.24) is 39.3 Å². The highest BCUT2D eigenvalue weighted by molar-refractivity contribution is 7.91. The van der Waals surface area contributed by atoms with Crippen LogP contribution in [-0.2, 0) is 29.3 Å². The Hall–Kier alpha value is -5.57. The molecule has 4 aromatic heterocycles. The Bertz CT molecular complexity index is 3200. The molecule has 4 atom stereocenters. The smallest absolute Gasteiger partial charge is 0.228 e. The minimum Gasteiger partial charge on any atom is -0.474 e. The summed E-state index contributed by atoms with van der Waals surface area (Å²) in [5.41, 5.74) is 0.593. The van der Waals surface area contributed by atoms with Gasteiger partial charge < -0.3 is 19.7 Å². The Labute approximate surface area is 417 Å². The molecule has 4 unspecified atom stereocenters. The summed E-state index contributed by atoms with van der Waals surface area (Å²) in [5, 5.41) is 4.64. The number of nitrogens with one attached hydrogen (secondary N) is 1. The highest BCUT2D eigenvalue weighted by Crippen LogP contribution is 2.41. The topological polar surface area (TPSA) is 198 Å². The number of amides is 1. The lowest BCUT2D eigenvalue weighted by molar-refractivity contribution is -0.145. The van der Waals surface area contributed by atoms with E-state index < -0.39 is 36.7 Å². The van der Waals surface area contributed by atoms with Gasteiger partial charge in [0.05, 0.1) is 31.9 Å². The van der Waals surface area contributed by atoms with E-state index in [1.54, 1.807) is 54.4 Å². The summed E-state index contributed by atoms with van der Waals surface area (Å²) >= 11 is 5.11. The molecule has 0 saturated carbocycles. The van der Waals surface area contributed by atoms with Crippen molar-refractivity contribution in [2.75, 3.05) is 12.5 Å². The molecule has 21 heteroatoms. The minimum atomic E-state index is -3.52. The first-order valence-electron chi connectivity index (χ1n) is 23.5. The van der Waals surface area contributed by atoms with Gasteiger partial charge >= 0.3 is 0 Å². The number of hydrogen-bond acceptors (Lipinski definition) is 13. The van der Waals surface area contributed by atoms with Crippen LogP contribution in [0.25, 0.3) is 33.4 Å². The number of piperidine rings is 2. The summed E-state index contributed by atoms with van der Waals surface area (Å²) in [6.07, 6.45) is 16.0. The monoisotopic (exact) mass is 1040 g/mol. The number of hydrogen-bond donors (Lipinski definition) is 1. The van der Waals surface area contributed by atoms with E-state index in [-0.39, 0.29) is 62.0 Å². The molecule has 4 fully saturated rings. The van der Waals surface area contributed by atoms with E-state index in [9.17, 15) is 35.2 Å². The third kappa shape index (κ3) is 11.4. The molecule has 4 aliphatic rings. The van der Waals surface area contributed by atoms with Crippen molar-refractivity contribution in [3.05, 3.63) is 85.2 Å². The van der Waals surface area contributed by atoms with Crippen LogP contribution < -0.4 is 14.8 Å². The zero-order valence-electron chi connectivity index (χ0n) is 40.9. The number of aromatic nitrogens is 6. The Kier molecular flexibility index (Phi) is 14.4. The summed E-state index contributed by atoms with van der Waals surface area (Å²) in [5.74, 6) is -0.204. The third-order valence-corrected chi connectivity index (χ3v) is 16.0. The fraction of sp³-hybridized carbons (Fsp3) is 0.480. The van der Waals surface area contributed by atoms with Gasteiger partial charge in [-0.1, -0.05) is 41.5 Å². The molecule has 10 rings (SSSR count). The van der Waals surface area contributed by atoms with Crippen molar-refractivity contribution >= 4 is 64.5 Å². The van der Waals surface area contributed by atoms with Crippen LogP contribution in [0.5, 0.6) is 11.8 Å². The number of rotatable bonds is 8. The first kappa shape index (κ1) is 51.8. The number of fused-ring (bicyclic) bond motifs is 6. The number of sulfone groups is 2. The number of nitrogens with zero attached hydrogens (tertiary/aromatic N) is 7. The van der Waals surface area contributed by atoms with E-state index in [4.69, 9.17) is 21.1 Å². The summed E-state index contributed by atoms with van der Waals surface area (Å²) < 4.78 is 92.0. The third-order valence-electron chi connectivity index (χ3n) is 13.2.